The maximum absolute atomic E-state index is 11.5. The van der Waals surface area contributed by atoms with Crippen LogP contribution in [-0.2, 0) is 4.79 Å². The minimum atomic E-state index is -0.431. The van der Waals surface area contributed by atoms with Crippen molar-refractivity contribution in [2.24, 2.45) is 5.73 Å². The zero-order valence-electron chi connectivity index (χ0n) is 9.52. The number of primary amides is 1. The van der Waals surface area contributed by atoms with E-state index in [1.807, 2.05) is 0 Å². The van der Waals surface area contributed by atoms with Crippen LogP contribution in [0, 0.1) is 0 Å². The van der Waals surface area contributed by atoms with Crippen LogP contribution in [0.25, 0.3) is 0 Å². The Balaban J connectivity index is 2.75. The summed E-state index contributed by atoms with van der Waals surface area (Å²) in [5, 5.41) is 3.44. The third kappa shape index (κ3) is 2.27. The molecule has 1 fully saturated rings. The molecule has 3 heteroatoms. The Morgan fingerprint density at radius 3 is 2.29 bits per heavy atom. The van der Waals surface area contributed by atoms with Crippen molar-refractivity contribution in [3.8, 4) is 0 Å². The molecule has 82 valence electrons. The highest BCUT2D eigenvalue weighted by Gasteiger charge is 2.42. The van der Waals surface area contributed by atoms with Crippen LogP contribution in [0.5, 0.6) is 0 Å². The maximum atomic E-state index is 11.5. The molecule has 14 heavy (non-hydrogen) atoms. The Kier molecular flexibility index (Phi) is 3.20. The largest absolute Gasteiger partial charge is 0.368 e. The van der Waals surface area contributed by atoms with E-state index in [0.29, 0.717) is 0 Å². The van der Waals surface area contributed by atoms with Gasteiger partial charge < -0.3 is 5.73 Å². The van der Waals surface area contributed by atoms with Crippen LogP contribution in [0.4, 0.5) is 0 Å². The molecule has 1 saturated carbocycles. The summed E-state index contributed by atoms with van der Waals surface area (Å²) in [6.45, 7) is 6.36. The normalized spacial score (nSPS) is 21.1. The SMILES string of the molecule is CCC(C)(C)NC1(C(N)=O)CCCC1. The summed E-state index contributed by atoms with van der Waals surface area (Å²) in [5.41, 5.74) is 5.06. The summed E-state index contributed by atoms with van der Waals surface area (Å²) in [4.78, 5) is 11.5. The molecule has 0 heterocycles. The molecule has 1 amide bonds. The van der Waals surface area contributed by atoms with Crippen molar-refractivity contribution in [3.05, 3.63) is 0 Å². The Bertz CT molecular complexity index is 217. The van der Waals surface area contributed by atoms with Gasteiger partial charge >= 0.3 is 0 Å². The first kappa shape index (κ1) is 11.5. The molecule has 0 radical (unpaired) electrons. The molecular weight excluding hydrogens is 176 g/mol. The van der Waals surface area contributed by atoms with E-state index in [0.717, 1.165) is 32.1 Å². The van der Waals surface area contributed by atoms with Crippen molar-refractivity contribution in [3.63, 3.8) is 0 Å². The topological polar surface area (TPSA) is 55.1 Å². The second-order valence-corrected chi connectivity index (χ2v) is 5.02. The summed E-state index contributed by atoms with van der Waals surface area (Å²) >= 11 is 0. The van der Waals surface area contributed by atoms with E-state index in [1.165, 1.54) is 0 Å². The summed E-state index contributed by atoms with van der Waals surface area (Å²) in [5.74, 6) is -0.184. The van der Waals surface area contributed by atoms with Gasteiger partial charge in [-0.15, -0.1) is 0 Å². The average Bonchev–Trinajstić information content (AvgIpc) is 2.53. The van der Waals surface area contributed by atoms with Crippen molar-refractivity contribution in [1.82, 2.24) is 5.32 Å². The lowest BCUT2D eigenvalue weighted by molar-refractivity contribution is -0.125. The van der Waals surface area contributed by atoms with Gasteiger partial charge in [0.15, 0.2) is 0 Å². The standard InChI is InChI=1S/C11H22N2O/c1-4-10(2,3)13-11(9(12)14)7-5-6-8-11/h13H,4-8H2,1-3H3,(H2,12,14). The zero-order valence-corrected chi connectivity index (χ0v) is 9.52. The molecule has 0 aliphatic heterocycles. The molecule has 1 aliphatic rings. The number of amides is 1. The third-order valence-electron chi connectivity index (χ3n) is 3.39. The average molecular weight is 198 g/mol. The smallest absolute Gasteiger partial charge is 0.237 e. The molecule has 0 unspecified atom stereocenters. The molecule has 0 aromatic carbocycles. The Morgan fingerprint density at radius 1 is 1.43 bits per heavy atom. The highest BCUT2D eigenvalue weighted by molar-refractivity contribution is 5.85. The van der Waals surface area contributed by atoms with Gasteiger partial charge in [-0.25, -0.2) is 0 Å². The molecule has 0 bridgehead atoms. The van der Waals surface area contributed by atoms with Gasteiger partial charge in [-0.3, -0.25) is 10.1 Å². The second kappa shape index (κ2) is 3.89. The molecule has 0 saturated heterocycles. The van der Waals surface area contributed by atoms with Crippen LogP contribution in [-0.4, -0.2) is 17.0 Å². The molecule has 1 aliphatic carbocycles. The van der Waals surface area contributed by atoms with Crippen LogP contribution in [0.1, 0.15) is 52.9 Å². The van der Waals surface area contributed by atoms with Crippen molar-refractivity contribution in [2.75, 3.05) is 0 Å². The van der Waals surface area contributed by atoms with Crippen LogP contribution in [0.2, 0.25) is 0 Å². The Hall–Kier alpha value is -0.570. The molecule has 1 rings (SSSR count). The van der Waals surface area contributed by atoms with Gasteiger partial charge in [0.1, 0.15) is 0 Å². The van der Waals surface area contributed by atoms with E-state index in [4.69, 9.17) is 5.73 Å². The summed E-state index contributed by atoms with van der Waals surface area (Å²) in [7, 11) is 0. The van der Waals surface area contributed by atoms with E-state index in [-0.39, 0.29) is 11.4 Å². The van der Waals surface area contributed by atoms with Crippen LogP contribution >= 0.6 is 0 Å². The van der Waals surface area contributed by atoms with Crippen molar-refractivity contribution in [1.29, 1.82) is 0 Å². The van der Waals surface area contributed by atoms with Gasteiger partial charge in [0, 0.05) is 5.54 Å². The molecular formula is C11H22N2O. The van der Waals surface area contributed by atoms with Crippen LogP contribution in [0.15, 0.2) is 0 Å². The number of nitrogens with two attached hydrogens (primary N) is 1. The van der Waals surface area contributed by atoms with E-state index >= 15 is 0 Å². The number of carbonyl (C=O) groups excluding carboxylic acids is 1. The quantitative estimate of drug-likeness (QED) is 0.720. The third-order valence-corrected chi connectivity index (χ3v) is 3.39. The minimum absolute atomic E-state index is 0.000625. The molecule has 3 nitrogen and oxygen atoms in total. The van der Waals surface area contributed by atoms with Gasteiger partial charge in [0.05, 0.1) is 5.54 Å². The highest BCUT2D eigenvalue weighted by Crippen LogP contribution is 2.31. The minimum Gasteiger partial charge on any atom is -0.368 e. The van der Waals surface area contributed by atoms with Crippen LogP contribution < -0.4 is 11.1 Å². The van der Waals surface area contributed by atoms with E-state index in [2.05, 4.69) is 26.1 Å². The van der Waals surface area contributed by atoms with Crippen LogP contribution in [0.3, 0.4) is 0 Å². The molecule has 0 aromatic heterocycles. The fraction of sp³-hybridized carbons (Fsp3) is 0.909. The first-order valence-electron chi connectivity index (χ1n) is 5.51. The first-order chi connectivity index (χ1) is 6.42. The highest BCUT2D eigenvalue weighted by atomic mass is 16.1. The fourth-order valence-corrected chi connectivity index (χ4v) is 2.15. The van der Waals surface area contributed by atoms with E-state index in [1.54, 1.807) is 0 Å². The number of rotatable bonds is 4. The van der Waals surface area contributed by atoms with Crippen molar-refractivity contribution >= 4 is 5.91 Å². The van der Waals surface area contributed by atoms with Gasteiger partial charge in [0.25, 0.3) is 0 Å². The number of nitrogens with one attached hydrogen (secondary N) is 1. The van der Waals surface area contributed by atoms with Crippen molar-refractivity contribution in [2.45, 2.75) is 64.0 Å². The summed E-state index contributed by atoms with van der Waals surface area (Å²) < 4.78 is 0. The molecule has 0 aromatic rings. The van der Waals surface area contributed by atoms with E-state index in [9.17, 15) is 4.79 Å². The van der Waals surface area contributed by atoms with Crippen molar-refractivity contribution < 1.29 is 4.79 Å². The lowest BCUT2D eigenvalue weighted by Gasteiger charge is -2.36. The second-order valence-electron chi connectivity index (χ2n) is 5.02. The number of carbonyl (C=O) groups is 1. The van der Waals surface area contributed by atoms with Gasteiger partial charge in [-0.2, -0.15) is 0 Å². The molecule has 0 spiro atoms. The lowest BCUT2D eigenvalue weighted by Crippen LogP contribution is -2.60. The molecule has 0 atom stereocenters. The Labute approximate surface area is 86.4 Å². The fourth-order valence-electron chi connectivity index (χ4n) is 2.15. The lowest BCUT2D eigenvalue weighted by atomic mass is 9.90. The Morgan fingerprint density at radius 2 is 1.93 bits per heavy atom. The molecule has 3 N–H and O–H groups in total. The maximum Gasteiger partial charge on any atom is 0.237 e. The number of hydrogen-bond acceptors (Lipinski definition) is 2. The predicted molar refractivity (Wildman–Crippen MR) is 57.9 cm³/mol. The van der Waals surface area contributed by atoms with Gasteiger partial charge in [-0.05, 0) is 33.1 Å². The summed E-state index contributed by atoms with van der Waals surface area (Å²) in [6, 6.07) is 0. The van der Waals surface area contributed by atoms with Gasteiger partial charge in [-0.1, -0.05) is 19.8 Å². The number of hydrogen-bond donors (Lipinski definition) is 2. The zero-order chi connectivity index (χ0) is 10.8. The van der Waals surface area contributed by atoms with Gasteiger partial charge in [0.2, 0.25) is 5.91 Å². The monoisotopic (exact) mass is 198 g/mol. The predicted octanol–water partition coefficient (Wildman–Crippen LogP) is 1.56. The van der Waals surface area contributed by atoms with E-state index < -0.39 is 5.54 Å². The summed E-state index contributed by atoms with van der Waals surface area (Å²) in [6.07, 6.45) is 5.00. The first-order valence-corrected chi connectivity index (χ1v) is 5.51.